The summed E-state index contributed by atoms with van der Waals surface area (Å²) in [6.45, 7) is 57.2. The van der Waals surface area contributed by atoms with E-state index in [4.69, 9.17) is 77.6 Å². The van der Waals surface area contributed by atoms with Crippen LogP contribution in [0.15, 0.2) is 228 Å². The van der Waals surface area contributed by atoms with E-state index in [0.29, 0.717) is 163 Å². The SMILES string of the molecule is [C-]#[N+]c1c(N2CCN(C(=O)C=C)C[C@@H]2C)c2cc(Cl)c(-c3cc(N)ccc3F)cc2n(-c2ccccc2C(C)C)c1=O.[C-]#[N+]c1c(N2CCN(C(=O)C=C)C[C@@H]2C)c2cc(Cl)c(-c3ccc(Cl)cc3)cc2n(-c2ccccc2C(C)C)c1=O.[C-]#[N+]c1c(N2CCN(C(=O)C=C)C[C@@H]2C)c2cc(Cl)c(-c3ccccc3C(N)=O)cc2n(-c2ccccc2C(C)C)c1=O. The fourth-order valence-electron chi connectivity index (χ4n) is 17.4. The molecule has 0 bridgehead atoms. The lowest BCUT2D eigenvalue weighted by atomic mass is 9.96. The van der Waals surface area contributed by atoms with Crippen molar-refractivity contribution in [3.63, 3.8) is 0 Å². The summed E-state index contributed by atoms with van der Waals surface area (Å²) >= 11 is 26.9. The van der Waals surface area contributed by atoms with E-state index < -0.39 is 28.4 Å². The number of pyridine rings is 3. The second-order valence-corrected chi connectivity index (χ2v) is 33.9. The molecule has 3 aliphatic heterocycles. The van der Waals surface area contributed by atoms with Gasteiger partial charge in [-0.15, -0.1) is 0 Å². The molecule has 15 rings (SSSR count). The van der Waals surface area contributed by atoms with Crippen molar-refractivity contribution in [2.45, 2.75) is 98.2 Å². The van der Waals surface area contributed by atoms with Crippen molar-refractivity contribution < 1.29 is 23.6 Å². The normalized spacial score (nSPS) is 15.2. The Bertz CT molecular complexity index is 6780. The lowest BCUT2D eigenvalue weighted by Gasteiger charge is -2.42. The molecule has 12 aromatic rings. The third-order valence-corrected chi connectivity index (χ3v) is 24.7. The fourth-order valence-corrected chi connectivity index (χ4v) is 18.3. The van der Waals surface area contributed by atoms with Crippen LogP contribution in [0.5, 0.6) is 0 Å². The van der Waals surface area contributed by atoms with E-state index in [1.807, 2.05) is 155 Å². The van der Waals surface area contributed by atoms with Crippen molar-refractivity contribution in [1.82, 2.24) is 28.4 Å². The zero-order chi connectivity index (χ0) is 90.7. The highest BCUT2D eigenvalue weighted by Gasteiger charge is 2.37. The Balaban J connectivity index is 0.000000162. The third-order valence-electron chi connectivity index (χ3n) is 23.5. The number of primary amides is 1. The van der Waals surface area contributed by atoms with Crippen molar-refractivity contribution in [3.05, 3.63) is 327 Å². The van der Waals surface area contributed by atoms with Crippen molar-refractivity contribution in [2.75, 3.05) is 79.3 Å². The van der Waals surface area contributed by atoms with Crippen LogP contribution in [0.4, 0.5) is 44.2 Å². The quantitative estimate of drug-likeness (QED) is 0.0526. The molecule has 0 aliphatic carbocycles. The summed E-state index contributed by atoms with van der Waals surface area (Å²) in [6, 6.07) is 51.8. The lowest BCUT2D eigenvalue weighted by molar-refractivity contribution is -0.127. The number of fused-ring (bicyclic) bond motifs is 3. The van der Waals surface area contributed by atoms with Crippen molar-refractivity contribution in [3.8, 4) is 50.4 Å². The molecule has 0 unspecified atom stereocenters. The maximum atomic E-state index is 15.1. The number of nitrogens with zero attached hydrogens (tertiary/aromatic N) is 12. The molecule has 21 nitrogen and oxygen atoms in total. The molecule has 26 heteroatoms. The largest absolute Gasteiger partial charge is 0.399 e. The Hall–Kier alpha value is -13.5. The predicted molar refractivity (Wildman–Crippen MR) is 510 cm³/mol. The summed E-state index contributed by atoms with van der Waals surface area (Å²) in [4.78, 5) is 115. The number of nitrogens with two attached hydrogens (primary N) is 2. The van der Waals surface area contributed by atoms with Gasteiger partial charge in [-0.1, -0.05) is 193 Å². The standard InChI is InChI=1S/C34H32ClN5O3.C33H30Cl2N4O2.C33H31ClFN5O2/c1-6-30(41)38-15-16-39(21(4)19-38)32-26-17-27(35)25(23-12-7-8-13-24(23)33(36)42)18-29(26)40(34(43)31(32)37-5)28-14-10-9-11-22(28)20(2)3;1-6-30(40)37-15-16-38(21(4)19-37)32-26-17-27(35)25(22-11-13-23(34)14-12-22)18-29(26)39(33(41)31(32)36-5)28-10-8-7-9-24(28)20(2)3;1-6-30(41)38-13-14-39(20(4)18-38)32-25-16-26(34)23(24-15-21(36)11-12-27(24)35)17-29(25)40(33(42)31(32)37-5)28-10-8-7-9-22(28)19(2)3/h6-14,17-18,20-21H,1,15-16,19H2,2-4H3,(H2,36,42);6-14,17-18,20-21H,1,15-16,19H2,2-4H3;6-12,15-17,19-20H,1,13-14,18,36H2,2-4H3/t2*21-;20-/m000/s1. The number of hydrogen-bond acceptors (Lipinski definition) is 11. The maximum Gasteiger partial charge on any atom is 0.274 e. The molecule has 640 valence electrons. The van der Waals surface area contributed by atoms with Crippen LogP contribution in [0.3, 0.4) is 0 Å². The van der Waals surface area contributed by atoms with Gasteiger partial charge in [0.1, 0.15) is 5.82 Å². The van der Waals surface area contributed by atoms with Gasteiger partial charge in [0, 0.05) is 147 Å². The molecule has 6 heterocycles. The van der Waals surface area contributed by atoms with Crippen LogP contribution in [0.1, 0.15) is 107 Å². The number of anilines is 4. The number of carbonyl (C=O) groups is 4. The molecule has 4 amide bonds. The molecule has 0 spiro atoms. The highest BCUT2D eigenvalue weighted by atomic mass is 35.5. The molecular formula is C100H93Cl4FN14O7. The van der Waals surface area contributed by atoms with E-state index in [1.165, 1.54) is 41.0 Å². The predicted octanol–water partition coefficient (Wildman–Crippen LogP) is 21.1. The number of amides is 4. The topological polar surface area (TPSA) is 219 Å². The van der Waals surface area contributed by atoms with Crippen LogP contribution in [0.2, 0.25) is 20.1 Å². The molecule has 0 radical (unpaired) electrons. The Morgan fingerprint density at radius 3 is 1.09 bits per heavy atom. The molecule has 4 N–H and O–H groups in total. The Labute approximate surface area is 750 Å². The smallest absolute Gasteiger partial charge is 0.274 e. The van der Waals surface area contributed by atoms with Gasteiger partial charge in [-0.05, 0) is 176 Å². The van der Waals surface area contributed by atoms with Crippen molar-refractivity contribution in [2.24, 2.45) is 5.73 Å². The second kappa shape index (κ2) is 37.9. The van der Waals surface area contributed by atoms with Crippen LogP contribution in [0, 0.1) is 25.5 Å². The number of hydrogen-bond donors (Lipinski definition) is 2. The third kappa shape index (κ3) is 17.3. The average Bonchev–Trinajstić information content (AvgIpc) is 0.735. The van der Waals surface area contributed by atoms with Crippen LogP contribution >= 0.6 is 46.4 Å². The summed E-state index contributed by atoms with van der Waals surface area (Å²) in [5, 5.41) is 3.59. The Morgan fingerprint density at radius 2 is 0.754 bits per heavy atom. The van der Waals surface area contributed by atoms with Gasteiger partial charge in [0.2, 0.25) is 23.6 Å². The molecular weight excluding hydrogens is 1670 g/mol. The van der Waals surface area contributed by atoms with Gasteiger partial charge in [0.05, 0.1) is 70.4 Å². The molecule has 9 aromatic carbocycles. The minimum absolute atomic E-state index is 0.0252. The number of rotatable bonds is 16. The zero-order valence-corrected chi connectivity index (χ0v) is 74.2. The zero-order valence-electron chi connectivity index (χ0n) is 71.2. The molecule has 126 heavy (non-hydrogen) atoms. The van der Waals surface area contributed by atoms with Crippen LogP contribution in [-0.4, -0.2) is 129 Å². The maximum absolute atomic E-state index is 15.1. The highest BCUT2D eigenvalue weighted by molar-refractivity contribution is 6.36. The van der Waals surface area contributed by atoms with Crippen LogP contribution in [-0.2, 0) is 14.4 Å². The van der Waals surface area contributed by atoms with Gasteiger partial charge >= 0.3 is 0 Å². The van der Waals surface area contributed by atoms with Gasteiger partial charge in [-0.3, -0.25) is 47.3 Å². The number of aromatic nitrogens is 3. The number of halogens is 5. The monoisotopic (exact) mass is 1760 g/mol. The minimum Gasteiger partial charge on any atom is -0.399 e. The van der Waals surface area contributed by atoms with Crippen molar-refractivity contribution >= 4 is 143 Å². The summed E-state index contributed by atoms with van der Waals surface area (Å²) in [5.41, 5.74) is 22.3. The average molecular weight is 1760 g/mol. The minimum atomic E-state index is -0.598. The Morgan fingerprint density at radius 1 is 0.429 bits per heavy atom. The van der Waals surface area contributed by atoms with Gasteiger partial charge in [0.25, 0.3) is 33.7 Å². The number of benzene rings is 9. The van der Waals surface area contributed by atoms with E-state index in [9.17, 15) is 33.6 Å². The summed E-state index contributed by atoms with van der Waals surface area (Å²) in [5.74, 6) is -1.26. The molecule has 3 saturated heterocycles. The molecule has 3 atom stereocenters. The van der Waals surface area contributed by atoms with Crippen LogP contribution < -0.4 is 42.8 Å². The molecule has 0 saturated carbocycles. The summed E-state index contributed by atoms with van der Waals surface area (Å²) < 4.78 is 19.9. The number of piperazine rings is 3. The molecule has 3 aromatic heterocycles. The first-order chi connectivity index (χ1) is 60.3. The van der Waals surface area contributed by atoms with E-state index >= 15 is 4.39 Å². The van der Waals surface area contributed by atoms with Gasteiger partial charge in [-0.2, -0.15) is 0 Å². The van der Waals surface area contributed by atoms with Gasteiger partial charge in [-0.25, -0.2) is 18.9 Å². The fraction of sp³-hybridized carbons (Fsp3) is 0.240. The first-order valence-corrected chi connectivity index (χ1v) is 42.7. The highest BCUT2D eigenvalue weighted by Crippen LogP contribution is 2.48. The molecule has 3 aliphatic rings. The summed E-state index contributed by atoms with van der Waals surface area (Å²) in [6.07, 6.45) is 3.89. The van der Waals surface area contributed by atoms with Gasteiger partial charge < -0.3 is 40.9 Å². The second-order valence-electron chi connectivity index (χ2n) is 32.3. The number of para-hydroxylation sites is 3. The number of carbonyl (C=O) groups excluding carboxylic acids is 4. The van der Waals surface area contributed by atoms with E-state index in [1.54, 1.807) is 84.5 Å². The van der Waals surface area contributed by atoms with E-state index in [2.05, 4.69) is 53.0 Å². The summed E-state index contributed by atoms with van der Waals surface area (Å²) in [7, 11) is 0. The van der Waals surface area contributed by atoms with Crippen molar-refractivity contribution in [1.29, 1.82) is 0 Å². The van der Waals surface area contributed by atoms with E-state index in [0.717, 1.165) is 33.5 Å². The first kappa shape index (κ1) is 90.2. The Kier molecular flexibility index (Phi) is 27.1. The lowest BCUT2D eigenvalue weighted by Crippen LogP contribution is -2.53. The van der Waals surface area contributed by atoms with E-state index in [-0.39, 0.29) is 81.2 Å². The number of nitrogen functional groups attached to an aromatic ring is 1. The van der Waals surface area contributed by atoms with Crippen LogP contribution in [0.25, 0.3) is 97.7 Å². The first-order valence-electron chi connectivity index (χ1n) is 41.2. The molecule has 3 fully saturated rings. The van der Waals surface area contributed by atoms with Gasteiger partial charge in [0.15, 0.2) is 0 Å².